The Morgan fingerprint density at radius 1 is 1.07 bits per heavy atom. The number of thioether (sulfide) groups is 1. The van der Waals surface area contributed by atoms with E-state index in [2.05, 4.69) is 16.8 Å². The van der Waals surface area contributed by atoms with Crippen molar-refractivity contribution in [3.05, 3.63) is 64.7 Å². The lowest BCUT2D eigenvalue weighted by Crippen LogP contribution is -2.01. The molecular formula is C20H19Cl2N3O2S. The lowest BCUT2D eigenvalue weighted by atomic mass is 10.2. The van der Waals surface area contributed by atoms with Gasteiger partial charge in [-0.05, 0) is 29.8 Å². The molecule has 1 aromatic heterocycles. The Balaban J connectivity index is 1.92. The largest absolute Gasteiger partial charge is 0.497 e. The molecule has 0 unspecified atom stereocenters. The molecule has 3 rings (SSSR count). The fourth-order valence-corrected chi connectivity index (χ4v) is 4.13. The van der Waals surface area contributed by atoms with Gasteiger partial charge in [0.1, 0.15) is 11.5 Å². The maximum Gasteiger partial charge on any atom is 0.192 e. The summed E-state index contributed by atoms with van der Waals surface area (Å²) in [5.74, 6) is 2.73. The Morgan fingerprint density at radius 3 is 2.39 bits per heavy atom. The van der Waals surface area contributed by atoms with Crippen molar-refractivity contribution in [2.45, 2.75) is 17.5 Å². The van der Waals surface area contributed by atoms with Crippen LogP contribution in [0, 0.1) is 0 Å². The summed E-state index contributed by atoms with van der Waals surface area (Å²) in [6.45, 7) is 4.42. The first-order chi connectivity index (χ1) is 13.5. The van der Waals surface area contributed by atoms with Crippen LogP contribution in [-0.2, 0) is 12.3 Å². The number of nitrogens with zero attached hydrogens (tertiary/aromatic N) is 3. The summed E-state index contributed by atoms with van der Waals surface area (Å²) in [4.78, 5) is 0. The van der Waals surface area contributed by atoms with Gasteiger partial charge in [0, 0.05) is 34.0 Å². The van der Waals surface area contributed by atoms with E-state index in [9.17, 15) is 0 Å². The first-order valence-corrected chi connectivity index (χ1v) is 10.1. The molecule has 0 aliphatic heterocycles. The third-order valence-electron chi connectivity index (χ3n) is 4.01. The van der Waals surface area contributed by atoms with Crippen molar-refractivity contribution in [2.75, 3.05) is 14.2 Å². The Hall–Kier alpha value is -2.15. The predicted molar refractivity (Wildman–Crippen MR) is 115 cm³/mol. The molecule has 0 amide bonds. The number of rotatable bonds is 8. The highest BCUT2D eigenvalue weighted by Crippen LogP contribution is 2.33. The monoisotopic (exact) mass is 435 g/mol. The maximum absolute atomic E-state index is 6.28. The third-order valence-corrected chi connectivity index (χ3v) is 5.61. The molecule has 28 heavy (non-hydrogen) atoms. The Kier molecular flexibility index (Phi) is 6.88. The summed E-state index contributed by atoms with van der Waals surface area (Å²) in [5.41, 5.74) is 1.83. The van der Waals surface area contributed by atoms with Gasteiger partial charge >= 0.3 is 0 Å². The van der Waals surface area contributed by atoms with Crippen molar-refractivity contribution in [1.29, 1.82) is 0 Å². The zero-order valence-corrected chi connectivity index (χ0v) is 17.8. The van der Waals surface area contributed by atoms with Crippen LogP contribution in [0.25, 0.3) is 11.4 Å². The smallest absolute Gasteiger partial charge is 0.192 e. The lowest BCUT2D eigenvalue weighted by Gasteiger charge is -2.11. The molecule has 0 radical (unpaired) electrons. The summed E-state index contributed by atoms with van der Waals surface area (Å²) >= 11 is 13.8. The van der Waals surface area contributed by atoms with Crippen LogP contribution < -0.4 is 9.47 Å². The highest BCUT2D eigenvalue weighted by Gasteiger charge is 2.16. The van der Waals surface area contributed by atoms with E-state index in [4.69, 9.17) is 32.7 Å². The quantitative estimate of drug-likeness (QED) is 0.333. The van der Waals surface area contributed by atoms with Crippen LogP contribution in [0.2, 0.25) is 10.0 Å². The molecule has 2 aromatic carbocycles. The lowest BCUT2D eigenvalue weighted by molar-refractivity contribution is 0.394. The number of hydrogen-bond donors (Lipinski definition) is 0. The van der Waals surface area contributed by atoms with Crippen LogP contribution in [0.1, 0.15) is 5.56 Å². The molecule has 3 aromatic rings. The van der Waals surface area contributed by atoms with E-state index in [1.807, 2.05) is 41.0 Å². The van der Waals surface area contributed by atoms with E-state index in [0.717, 1.165) is 16.3 Å². The van der Waals surface area contributed by atoms with Gasteiger partial charge in [-0.25, -0.2) is 0 Å². The summed E-state index contributed by atoms with van der Waals surface area (Å²) < 4.78 is 12.7. The second-order valence-electron chi connectivity index (χ2n) is 5.83. The maximum atomic E-state index is 6.28. The van der Waals surface area contributed by atoms with Gasteiger partial charge in [-0.15, -0.1) is 16.8 Å². The minimum atomic E-state index is 0.568. The summed E-state index contributed by atoms with van der Waals surface area (Å²) in [7, 11) is 3.23. The average molecular weight is 436 g/mol. The Bertz CT molecular complexity index is 969. The van der Waals surface area contributed by atoms with E-state index in [-0.39, 0.29) is 0 Å². The molecule has 0 saturated heterocycles. The van der Waals surface area contributed by atoms with Gasteiger partial charge in [-0.3, -0.25) is 4.57 Å². The van der Waals surface area contributed by atoms with E-state index < -0.39 is 0 Å². The molecule has 0 N–H and O–H groups in total. The Labute approximate surface area is 178 Å². The normalized spacial score (nSPS) is 10.7. The van der Waals surface area contributed by atoms with Gasteiger partial charge in [0.05, 0.1) is 14.2 Å². The molecule has 0 atom stereocenters. The van der Waals surface area contributed by atoms with Gasteiger partial charge in [0.2, 0.25) is 0 Å². The highest BCUT2D eigenvalue weighted by molar-refractivity contribution is 7.98. The average Bonchev–Trinajstić information content (AvgIpc) is 3.10. The second kappa shape index (κ2) is 9.37. The fourth-order valence-electron chi connectivity index (χ4n) is 2.62. The molecule has 146 valence electrons. The second-order valence-corrected chi connectivity index (χ2v) is 7.62. The van der Waals surface area contributed by atoms with E-state index in [1.54, 1.807) is 32.0 Å². The SMILES string of the molecule is C=CCn1c(SCc2ccc(Cl)cc2Cl)nnc1-c1cc(OC)cc(OC)c1. The van der Waals surface area contributed by atoms with Crippen molar-refractivity contribution >= 4 is 35.0 Å². The van der Waals surface area contributed by atoms with Crippen LogP contribution in [0.3, 0.4) is 0 Å². The molecule has 1 heterocycles. The number of benzene rings is 2. The minimum Gasteiger partial charge on any atom is -0.497 e. The molecule has 0 saturated carbocycles. The van der Waals surface area contributed by atoms with Crippen molar-refractivity contribution < 1.29 is 9.47 Å². The number of hydrogen-bond acceptors (Lipinski definition) is 5. The topological polar surface area (TPSA) is 49.2 Å². The number of allylic oxidation sites excluding steroid dienone is 1. The molecular weight excluding hydrogens is 417 g/mol. The Morgan fingerprint density at radius 2 is 1.79 bits per heavy atom. The van der Waals surface area contributed by atoms with E-state index >= 15 is 0 Å². The molecule has 0 aliphatic rings. The molecule has 5 nitrogen and oxygen atoms in total. The number of methoxy groups -OCH3 is 2. The standard InChI is InChI=1S/C20H19Cl2N3O2S/c1-4-7-25-19(14-8-16(26-2)11-17(9-14)27-3)23-24-20(25)28-12-13-5-6-15(21)10-18(13)22/h4-6,8-11H,1,7,12H2,2-3H3. The fraction of sp³-hybridized carbons (Fsp3) is 0.200. The minimum absolute atomic E-state index is 0.568. The van der Waals surface area contributed by atoms with Crippen molar-refractivity contribution in [3.8, 4) is 22.9 Å². The van der Waals surface area contributed by atoms with Crippen molar-refractivity contribution in [3.63, 3.8) is 0 Å². The van der Waals surface area contributed by atoms with Gasteiger partial charge in [0.15, 0.2) is 11.0 Å². The number of halogens is 2. The molecule has 8 heteroatoms. The zero-order valence-electron chi connectivity index (χ0n) is 15.5. The summed E-state index contributed by atoms with van der Waals surface area (Å²) in [6.07, 6.45) is 1.81. The highest BCUT2D eigenvalue weighted by atomic mass is 35.5. The van der Waals surface area contributed by atoms with Gasteiger partial charge < -0.3 is 9.47 Å². The van der Waals surface area contributed by atoms with Crippen molar-refractivity contribution in [2.24, 2.45) is 0 Å². The number of ether oxygens (including phenoxy) is 2. The van der Waals surface area contributed by atoms with Crippen LogP contribution in [0.15, 0.2) is 54.2 Å². The van der Waals surface area contributed by atoms with Crippen LogP contribution in [0.4, 0.5) is 0 Å². The zero-order chi connectivity index (χ0) is 20.1. The molecule has 0 spiro atoms. The van der Waals surface area contributed by atoms with Crippen LogP contribution in [0.5, 0.6) is 11.5 Å². The first kappa shape index (κ1) is 20.6. The summed E-state index contributed by atoms with van der Waals surface area (Å²) in [6, 6.07) is 11.1. The van der Waals surface area contributed by atoms with Gasteiger partial charge in [0.25, 0.3) is 0 Å². The molecule has 0 bridgehead atoms. The first-order valence-electron chi connectivity index (χ1n) is 8.40. The van der Waals surface area contributed by atoms with E-state index in [1.165, 1.54) is 0 Å². The van der Waals surface area contributed by atoms with Gasteiger partial charge in [-0.2, -0.15) is 0 Å². The summed E-state index contributed by atoms with van der Waals surface area (Å²) in [5, 5.41) is 10.8. The third kappa shape index (κ3) is 4.63. The van der Waals surface area contributed by atoms with Crippen LogP contribution >= 0.6 is 35.0 Å². The molecule has 0 fully saturated rings. The molecule has 0 aliphatic carbocycles. The van der Waals surface area contributed by atoms with Crippen LogP contribution in [-0.4, -0.2) is 29.0 Å². The number of aromatic nitrogens is 3. The van der Waals surface area contributed by atoms with Crippen molar-refractivity contribution in [1.82, 2.24) is 14.8 Å². The predicted octanol–water partition coefficient (Wildman–Crippen LogP) is 5.75. The van der Waals surface area contributed by atoms with Gasteiger partial charge in [-0.1, -0.05) is 47.1 Å². The van der Waals surface area contributed by atoms with E-state index in [0.29, 0.717) is 39.7 Å².